The standard InChI is InChI=1S/C25H25FN10/c1-25(27,19-2-4-21(26)5-3-19)20-13-28-24(29-14-20)35-8-6-34(7-9-35)23-22-10-17(18-11-31-32-12-18)15-36(22)33-16-30-23/h2-5,10-16H,6-9,27H2,1H3,(H,31,32)/t25-/m0/s1. The molecule has 4 aromatic heterocycles. The van der Waals surface area contributed by atoms with E-state index in [0.29, 0.717) is 5.95 Å². The number of hydrogen-bond acceptors (Lipinski definition) is 8. The molecule has 1 fully saturated rings. The van der Waals surface area contributed by atoms with Crippen molar-refractivity contribution in [3.05, 3.63) is 84.6 Å². The van der Waals surface area contributed by atoms with Crippen molar-refractivity contribution >= 4 is 17.3 Å². The number of nitrogens with zero attached hydrogens (tertiary/aromatic N) is 8. The van der Waals surface area contributed by atoms with Crippen LogP contribution < -0.4 is 15.5 Å². The highest BCUT2D eigenvalue weighted by Crippen LogP contribution is 2.28. The molecule has 0 unspecified atom stereocenters. The smallest absolute Gasteiger partial charge is 0.225 e. The van der Waals surface area contributed by atoms with Gasteiger partial charge in [-0.25, -0.2) is 23.9 Å². The molecule has 182 valence electrons. The third-order valence-corrected chi connectivity index (χ3v) is 6.76. The van der Waals surface area contributed by atoms with Crippen molar-refractivity contribution in [1.29, 1.82) is 0 Å². The molecule has 10 nitrogen and oxygen atoms in total. The van der Waals surface area contributed by atoms with E-state index in [-0.39, 0.29) is 5.82 Å². The van der Waals surface area contributed by atoms with Crippen LogP contribution in [0.15, 0.2) is 67.6 Å². The van der Waals surface area contributed by atoms with Crippen molar-refractivity contribution in [3.63, 3.8) is 0 Å². The van der Waals surface area contributed by atoms with E-state index in [1.54, 1.807) is 37.1 Å². The van der Waals surface area contributed by atoms with Gasteiger partial charge in [-0.3, -0.25) is 5.10 Å². The van der Waals surface area contributed by atoms with Crippen molar-refractivity contribution < 1.29 is 4.39 Å². The zero-order valence-corrected chi connectivity index (χ0v) is 19.7. The first-order valence-electron chi connectivity index (χ1n) is 11.7. The number of hydrogen-bond donors (Lipinski definition) is 2. The van der Waals surface area contributed by atoms with Crippen LogP contribution >= 0.6 is 0 Å². The van der Waals surface area contributed by atoms with Gasteiger partial charge in [0, 0.05) is 67.7 Å². The lowest BCUT2D eigenvalue weighted by atomic mass is 9.87. The minimum Gasteiger partial charge on any atom is -0.351 e. The largest absolute Gasteiger partial charge is 0.351 e. The first kappa shape index (κ1) is 22.1. The maximum absolute atomic E-state index is 13.3. The van der Waals surface area contributed by atoms with Gasteiger partial charge in [0.2, 0.25) is 5.95 Å². The van der Waals surface area contributed by atoms with Crippen LogP contribution in [0.2, 0.25) is 0 Å². The summed E-state index contributed by atoms with van der Waals surface area (Å²) in [6.07, 6.45) is 10.7. The monoisotopic (exact) mass is 484 g/mol. The van der Waals surface area contributed by atoms with Crippen molar-refractivity contribution in [1.82, 2.24) is 34.8 Å². The Morgan fingerprint density at radius 2 is 1.64 bits per heavy atom. The van der Waals surface area contributed by atoms with Crippen molar-refractivity contribution in [2.24, 2.45) is 5.73 Å². The fourth-order valence-corrected chi connectivity index (χ4v) is 4.56. The van der Waals surface area contributed by atoms with E-state index in [9.17, 15) is 4.39 Å². The van der Waals surface area contributed by atoms with Gasteiger partial charge in [0.15, 0.2) is 5.82 Å². The van der Waals surface area contributed by atoms with E-state index >= 15 is 0 Å². The van der Waals surface area contributed by atoms with E-state index in [1.807, 2.05) is 23.8 Å². The second-order valence-corrected chi connectivity index (χ2v) is 9.08. The lowest BCUT2D eigenvalue weighted by Crippen LogP contribution is -2.47. The van der Waals surface area contributed by atoms with Gasteiger partial charge in [0.25, 0.3) is 0 Å². The molecule has 1 aliphatic heterocycles. The summed E-state index contributed by atoms with van der Waals surface area (Å²) in [7, 11) is 0. The molecule has 0 bridgehead atoms. The van der Waals surface area contributed by atoms with Crippen LogP contribution in [-0.2, 0) is 5.54 Å². The van der Waals surface area contributed by atoms with Crippen molar-refractivity contribution in [2.45, 2.75) is 12.5 Å². The van der Waals surface area contributed by atoms with E-state index in [2.05, 4.69) is 46.1 Å². The number of nitrogens with two attached hydrogens (primary N) is 1. The highest BCUT2D eigenvalue weighted by molar-refractivity contribution is 5.77. The van der Waals surface area contributed by atoms with Crippen LogP contribution in [0, 0.1) is 5.82 Å². The van der Waals surface area contributed by atoms with Gasteiger partial charge >= 0.3 is 0 Å². The predicted molar refractivity (Wildman–Crippen MR) is 134 cm³/mol. The number of rotatable bonds is 5. The second kappa shape index (κ2) is 8.68. The highest BCUT2D eigenvalue weighted by atomic mass is 19.1. The average Bonchev–Trinajstić information content (AvgIpc) is 3.59. The summed E-state index contributed by atoms with van der Waals surface area (Å²) in [5.74, 6) is 1.26. The second-order valence-electron chi connectivity index (χ2n) is 9.08. The number of fused-ring (bicyclic) bond motifs is 1. The molecule has 0 amide bonds. The van der Waals surface area contributed by atoms with Crippen LogP contribution in [0.3, 0.4) is 0 Å². The molecule has 1 saturated heterocycles. The fraction of sp³-hybridized carbons (Fsp3) is 0.240. The lowest BCUT2D eigenvalue weighted by molar-refractivity contribution is 0.585. The lowest BCUT2D eigenvalue weighted by Gasteiger charge is -2.35. The zero-order chi connectivity index (χ0) is 24.7. The minimum atomic E-state index is -0.824. The number of H-pyrrole nitrogens is 1. The summed E-state index contributed by atoms with van der Waals surface area (Å²) in [5, 5.41) is 11.3. The van der Waals surface area contributed by atoms with Crippen LogP contribution in [0.4, 0.5) is 16.2 Å². The number of aromatic nitrogens is 7. The summed E-state index contributed by atoms with van der Waals surface area (Å²) < 4.78 is 15.2. The number of benzene rings is 1. The number of piperazine rings is 1. The molecule has 0 spiro atoms. The Labute approximate surface area is 206 Å². The summed E-state index contributed by atoms with van der Waals surface area (Å²) in [4.78, 5) is 18.2. The number of halogens is 1. The number of nitrogens with one attached hydrogen (secondary N) is 1. The Morgan fingerprint density at radius 3 is 2.33 bits per heavy atom. The van der Waals surface area contributed by atoms with E-state index in [0.717, 1.165) is 59.8 Å². The van der Waals surface area contributed by atoms with Gasteiger partial charge in [-0.1, -0.05) is 12.1 Å². The van der Waals surface area contributed by atoms with Crippen LogP contribution in [-0.4, -0.2) is 60.9 Å². The Hall–Kier alpha value is -4.38. The van der Waals surface area contributed by atoms with Crippen LogP contribution in [0.5, 0.6) is 0 Å². The van der Waals surface area contributed by atoms with E-state index in [1.165, 1.54) is 12.1 Å². The molecule has 6 rings (SSSR count). The molecular formula is C25H25FN10. The quantitative estimate of drug-likeness (QED) is 0.391. The average molecular weight is 485 g/mol. The number of anilines is 2. The summed E-state index contributed by atoms with van der Waals surface area (Å²) in [6.45, 7) is 4.92. The molecule has 3 N–H and O–H groups in total. The van der Waals surface area contributed by atoms with Gasteiger partial charge in [-0.2, -0.15) is 10.2 Å². The molecule has 11 heteroatoms. The SMILES string of the molecule is C[C@](N)(c1ccc(F)cc1)c1cnc(N2CCN(c3ncnn4cc(-c5cn[nH]c5)cc34)CC2)nc1. The summed E-state index contributed by atoms with van der Waals surface area (Å²) in [5.41, 5.74) is 10.3. The van der Waals surface area contributed by atoms with E-state index in [4.69, 9.17) is 5.73 Å². The summed E-state index contributed by atoms with van der Waals surface area (Å²) >= 11 is 0. The Balaban J connectivity index is 1.17. The van der Waals surface area contributed by atoms with Gasteiger partial charge in [0.05, 0.1) is 11.7 Å². The van der Waals surface area contributed by atoms with Gasteiger partial charge < -0.3 is 15.5 Å². The Kier molecular flexibility index (Phi) is 5.33. The molecule has 36 heavy (non-hydrogen) atoms. The predicted octanol–water partition coefficient (Wildman–Crippen LogP) is 2.60. The fourth-order valence-electron chi connectivity index (χ4n) is 4.56. The molecule has 5 heterocycles. The van der Waals surface area contributed by atoms with Gasteiger partial charge in [-0.15, -0.1) is 0 Å². The third kappa shape index (κ3) is 3.93. The topological polar surface area (TPSA) is 117 Å². The maximum Gasteiger partial charge on any atom is 0.225 e. The first-order chi connectivity index (χ1) is 17.5. The van der Waals surface area contributed by atoms with E-state index < -0.39 is 5.54 Å². The molecule has 0 aliphatic carbocycles. The molecular weight excluding hydrogens is 459 g/mol. The molecule has 1 aromatic carbocycles. The van der Waals surface area contributed by atoms with Crippen molar-refractivity contribution in [2.75, 3.05) is 36.0 Å². The van der Waals surface area contributed by atoms with Crippen molar-refractivity contribution in [3.8, 4) is 11.1 Å². The molecule has 1 atom stereocenters. The maximum atomic E-state index is 13.3. The van der Waals surface area contributed by atoms with Gasteiger partial charge in [-0.05, 0) is 30.7 Å². The van der Waals surface area contributed by atoms with Crippen LogP contribution in [0.1, 0.15) is 18.1 Å². The molecule has 5 aromatic rings. The zero-order valence-electron chi connectivity index (χ0n) is 19.7. The normalized spacial score (nSPS) is 15.9. The Bertz CT molecular complexity index is 1470. The van der Waals surface area contributed by atoms with Crippen LogP contribution in [0.25, 0.3) is 16.6 Å². The molecule has 1 aliphatic rings. The minimum absolute atomic E-state index is 0.293. The van der Waals surface area contributed by atoms with Gasteiger partial charge in [0.1, 0.15) is 17.7 Å². The Morgan fingerprint density at radius 1 is 0.917 bits per heavy atom. The third-order valence-electron chi connectivity index (χ3n) is 6.76. The summed E-state index contributed by atoms with van der Waals surface area (Å²) in [6, 6.07) is 8.28. The molecule has 0 saturated carbocycles. The highest BCUT2D eigenvalue weighted by Gasteiger charge is 2.26. The number of aromatic amines is 1. The first-order valence-corrected chi connectivity index (χ1v) is 11.7. The molecule has 0 radical (unpaired) electrons.